The summed E-state index contributed by atoms with van der Waals surface area (Å²) in [6.07, 6.45) is 2.54. The van der Waals surface area contributed by atoms with Crippen LogP contribution in [0.15, 0.2) is 52.1 Å². The van der Waals surface area contributed by atoms with Crippen molar-refractivity contribution in [3.8, 4) is 0 Å². The van der Waals surface area contributed by atoms with Crippen molar-refractivity contribution >= 4 is 51.7 Å². The summed E-state index contributed by atoms with van der Waals surface area (Å²) in [5.41, 5.74) is 1.14. The average Bonchev–Trinajstić information content (AvgIpc) is 3.09. The molecule has 27 heavy (non-hydrogen) atoms. The predicted octanol–water partition coefficient (Wildman–Crippen LogP) is 3.94. The summed E-state index contributed by atoms with van der Waals surface area (Å²) in [6, 6.07) is 11.4. The highest BCUT2D eigenvalue weighted by Gasteiger charge is 2.25. The van der Waals surface area contributed by atoms with Crippen LogP contribution in [0.3, 0.4) is 0 Å². The molecule has 1 fully saturated rings. The summed E-state index contributed by atoms with van der Waals surface area (Å²) < 4.78 is 15.0. The molecule has 1 unspecified atom stereocenters. The first-order valence-electron chi connectivity index (χ1n) is 8.80. The molecule has 0 bridgehead atoms. The van der Waals surface area contributed by atoms with Gasteiger partial charge in [-0.05, 0) is 43.2 Å². The Balaban J connectivity index is 0.00000261. The number of pyridine rings is 1. The minimum atomic E-state index is -0.275. The number of aliphatic imine (C=N–C) groups is 1. The number of rotatable bonds is 5. The fraction of sp³-hybridized carbons (Fsp3) is 0.368. The first-order valence-corrected chi connectivity index (χ1v) is 9.59. The van der Waals surface area contributed by atoms with E-state index in [0.717, 1.165) is 35.5 Å². The maximum Gasteiger partial charge on any atom is 0.191 e. The van der Waals surface area contributed by atoms with E-state index in [-0.39, 0.29) is 35.8 Å². The third-order valence-electron chi connectivity index (χ3n) is 4.22. The SMILES string of the molecule is CCNC(=NCc1cccc(Br)c1)NC1CCN(c2ncccc2F)C1.I. The lowest BCUT2D eigenvalue weighted by Gasteiger charge is -2.20. The Morgan fingerprint density at radius 2 is 2.22 bits per heavy atom. The standard InChI is InChI=1S/C19H23BrFN5.HI/c1-2-22-19(24-12-14-5-3-6-15(20)11-14)25-16-8-10-26(13-16)18-17(21)7-4-9-23-18;/h3-7,9,11,16H,2,8,10,12-13H2,1H3,(H2,22,24,25);1H. The molecule has 2 N–H and O–H groups in total. The average molecular weight is 548 g/mol. The zero-order valence-corrected chi connectivity index (χ0v) is 19.1. The first-order chi connectivity index (χ1) is 12.7. The summed E-state index contributed by atoms with van der Waals surface area (Å²) in [7, 11) is 0. The van der Waals surface area contributed by atoms with Gasteiger partial charge in [0.25, 0.3) is 0 Å². The molecule has 0 saturated carbocycles. The van der Waals surface area contributed by atoms with E-state index >= 15 is 0 Å². The molecule has 0 amide bonds. The van der Waals surface area contributed by atoms with Crippen molar-refractivity contribution in [3.63, 3.8) is 0 Å². The van der Waals surface area contributed by atoms with Crippen LogP contribution in [0.4, 0.5) is 10.2 Å². The monoisotopic (exact) mass is 547 g/mol. The lowest BCUT2D eigenvalue weighted by molar-refractivity contribution is 0.612. The Hall–Kier alpha value is -1.42. The maximum absolute atomic E-state index is 13.9. The van der Waals surface area contributed by atoms with Gasteiger partial charge in [0.1, 0.15) is 0 Å². The molecule has 0 radical (unpaired) electrons. The van der Waals surface area contributed by atoms with Crippen LogP contribution in [-0.2, 0) is 6.54 Å². The molecule has 1 aromatic carbocycles. The van der Waals surface area contributed by atoms with Gasteiger partial charge in [-0.3, -0.25) is 0 Å². The molecule has 146 valence electrons. The summed E-state index contributed by atoms with van der Waals surface area (Å²) in [5.74, 6) is 0.928. The molecule has 0 spiro atoms. The molecule has 0 aliphatic carbocycles. The number of hydrogen-bond donors (Lipinski definition) is 2. The summed E-state index contributed by atoms with van der Waals surface area (Å²) in [5, 5.41) is 6.74. The van der Waals surface area contributed by atoms with E-state index in [1.54, 1.807) is 12.3 Å². The Bertz CT molecular complexity index is 773. The van der Waals surface area contributed by atoms with Crippen LogP contribution >= 0.6 is 39.9 Å². The maximum atomic E-state index is 13.9. The van der Waals surface area contributed by atoms with Crippen LogP contribution in [0.1, 0.15) is 18.9 Å². The van der Waals surface area contributed by atoms with E-state index in [9.17, 15) is 4.39 Å². The largest absolute Gasteiger partial charge is 0.357 e. The van der Waals surface area contributed by atoms with Crippen LogP contribution in [0.2, 0.25) is 0 Å². The molecule has 1 atom stereocenters. The van der Waals surface area contributed by atoms with E-state index < -0.39 is 0 Å². The van der Waals surface area contributed by atoms with Crippen molar-refractivity contribution in [2.24, 2.45) is 4.99 Å². The fourth-order valence-electron chi connectivity index (χ4n) is 3.00. The van der Waals surface area contributed by atoms with Gasteiger partial charge in [0, 0.05) is 36.3 Å². The zero-order chi connectivity index (χ0) is 18.4. The van der Waals surface area contributed by atoms with E-state index in [4.69, 9.17) is 0 Å². The van der Waals surface area contributed by atoms with Crippen LogP contribution in [0.25, 0.3) is 0 Å². The highest BCUT2D eigenvalue weighted by Crippen LogP contribution is 2.20. The van der Waals surface area contributed by atoms with Crippen LogP contribution in [0.5, 0.6) is 0 Å². The number of anilines is 1. The highest BCUT2D eigenvalue weighted by atomic mass is 127. The minimum absolute atomic E-state index is 0. The zero-order valence-electron chi connectivity index (χ0n) is 15.2. The van der Waals surface area contributed by atoms with Gasteiger partial charge >= 0.3 is 0 Å². The Morgan fingerprint density at radius 1 is 1.37 bits per heavy atom. The third kappa shape index (κ3) is 6.31. The molecule has 1 aliphatic rings. The van der Waals surface area contributed by atoms with Gasteiger partial charge in [-0.2, -0.15) is 0 Å². The van der Waals surface area contributed by atoms with Gasteiger partial charge in [-0.15, -0.1) is 24.0 Å². The normalized spacial score (nSPS) is 16.8. The van der Waals surface area contributed by atoms with Gasteiger partial charge in [0.05, 0.1) is 6.54 Å². The van der Waals surface area contributed by atoms with Crippen molar-refractivity contribution in [2.75, 3.05) is 24.5 Å². The van der Waals surface area contributed by atoms with E-state index in [1.165, 1.54) is 6.07 Å². The number of benzene rings is 1. The second kappa shape index (κ2) is 10.8. The summed E-state index contributed by atoms with van der Waals surface area (Å²) in [4.78, 5) is 10.8. The number of halogens is 3. The van der Waals surface area contributed by atoms with E-state index in [1.807, 2.05) is 24.0 Å². The summed E-state index contributed by atoms with van der Waals surface area (Å²) in [6.45, 7) is 4.90. The Kier molecular flexibility index (Phi) is 8.75. The lowest BCUT2D eigenvalue weighted by Crippen LogP contribution is -2.44. The number of nitrogens with zero attached hydrogens (tertiary/aromatic N) is 3. The second-order valence-corrected chi connectivity index (χ2v) is 7.13. The van der Waals surface area contributed by atoms with Gasteiger partial charge < -0.3 is 15.5 Å². The number of guanidine groups is 1. The van der Waals surface area contributed by atoms with Crippen LogP contribution in [0, 0.1) is 5.82 Å². The van der Waals surface area contributed by atoms with Crippen molar-refractivity contribution in [2.45, 2.75) is 25.9 Å². The molecule has 1 aliphatic heterocycles. The first kappa shape index (κ1) is 21.9. The van der Waals surface area contributed by atoms with Gasteiger partial charge in [0.15, 0.2) is 17.6 Å². The van der Waals surface area contributed by atoms with E-state index in [2.05, 4.69) is 48.7 Å². The van der Waals surface area contributed by atoms with Crippen molar-refractivity contribution < 1.29 is 4.39 Å². The highest BCUT2D eigenvalue weighted by molar-refractivity contribution is 14.0. The number of nitrogens with one attached hydrogen (secondary N) is 2. The Labute approximate surface area is 185 Å². The van der Waals surface area contributed by atoms with Gasteiger partial charge in [0.2, 0.25) is 0 Å². The molecule has 3 rings (SSSR count). The topological polar surface area (TPSA) is 52.6 Å². The smallest absolute Gasteiger partial charge is 0.191 e. The van der Waals surface area contributed by atoms with E-state index in [0.29, 0.717) is 18.9 Å². The molecule has 8 heteroatoms. The minimum Gasteiger partial charge on any atom is -0.357 e. The van der Waals surface area contributed by atoms with Crippen LogP contribution < -0.4 is 15.5 Å². The molecule has 2 heterocycles. The summed E-state index contributed by atoms with van der Waals surface area (Å²) >= 11 is 3.48. The van der Waals surface area contributed by atoms with Crippen molar-refractivity contribution in [3.05, 3.63) is 58.4 Å². The predicted molar refractivity (Wildman–Crippen MR) is 122 cm³/mol. The number of hydrogen-bond acceptors (Lipinski definition) is 3. The fourth-order valence-corrected chi connectivity index (χ4v) is 3.45. The molecule has 5 nitrogen and oxygen atoms in total. The third-order valence-corrected chi connectivity index (χ3v) is 4.71. The Morgan fingerprint density at radius 3 is 2.96 bits per heavy atom. The van der Waals surface area contributed by atoms with Gasteiger partial charge in [-0.25, -0.2) is 14.4 Å². The molecule has 2 aromatic rings. The van der Waals surface area contributed by atoms with Gasteiger partial charge in [-0.1, -0.05) is 28.1 Å². The number of aromatic nitrogens is 1. The van der Waals surface area contributed by atoms with Crippen molar-refractivity contribution in [1.29, 1.82) is 0 Å². The molecule has 1 saturated heterocycles. The van der Waals surface area contributed by atoms with Crippen molar-refractivity contribution in [1.82, 2.24) is 15.6 Å². The molecule has 1 aromatic heterocycles. The molecular weight excluding hydrogens is 524 g/mol. The molecular formula is C19H24BrFIN5. The lowest BCUT2D eigenvalue weighted by atomic mass is 10.2. The van der Waals surface area contributed by atoms with Crippen LogP contribution in [-0.4, -0.2) is 36.6 Å². The second-order valence-electron chi connectivity index (χ2n) is 6.21. The quantitative estimate of drug-likeness (QED) is 0.338.